The molecule has 0 spiro atoms. The zero-order chi connectivity index (χ0) is 14.2. The van der Waals surface area contributed by atoms with E-state index in [-0.39, 0.29) is 10.9 Å². The predicted octanol–water partition coefficient (Wildman–Crippen LogP) is 3.59. The van der Waals surface area contributed by atoms with Crippen molar-refractivity contribution in [2.24, 2.45) is 17.1 Å². The van der Waals surface area contributed by atoms with E-state index in [9.17, 15) is 4.79 Å². The third kappa shape index (κ3) is 2.87. The Morgan fingerprint density at radius 3 is 2.68 bits per heavy atom. The topological polar surface area (TPSA) is 55.1 Å². The molecule has 0 radical (unpaired) electrons. The van der Waals surface area contributed by atoms with Crippen molar-refractivity contribution in [1.82, 2.24) is 0 Å². The Kier molecular flexibility index (Phi) is 4.37. The summed E-state index contributed by atoms with van der Waals surface area (Å²) in [5.41, 5.74) is 5.64. The van der Waals surface area contributed by atoms with Crippen LogP contribution in [0.25, 0.3) is 0 Å². The summed E-state index contributed by atoms with van der Waals surface area (Å²) in [5, 5.41) is 3.36. The lowest BCUT2D eigenvalue weighted by Gasteiger charge is -2.44. The number of halogens is 2. The Bertz CT molecular complexity index is 543. The van der Waals surface area contributed by atoms with Gasteiger partial charge in [0.15, 0.2) is 0 Å². The van der Waals surface area contributed by atoms with Crippen LogP contribution in [-0.4, -0.2) is 10.9 Å². The van der Waals surface area contributed by atoms with Gasteiger partial charge in [0, 0.05) is 3.57 Å². The van der Waals surface area contributed by atoms with Gasteiger partial charge in [-0.15, -0.1) is 0 Å². The molecule has 3 nitrogen and oxygen atoms in total. The quantitative estimate of drug-likeness (QED) is 0.594. The summed E-state index contributed by atoms with van der Waals surface area (Å²) >= 11 is 13.3. The van der Waals surface area contributed by atoms with Crippen LogP contribution in [0.5, 0.6) is 0 Å². The number of carbonyl (C=O) groups excluding carboxylic acids is 1. The number of amides is 1. The van der Waals surface area contributed by atoms with Gasteiger partial charge < -0.3 is 11.1 Å². The number of rotatable bonds is 3. The third-order valence-corrected chi connectivity index (χ3v) is 4.85. The number of anilines is 1. The molecule has 19 heavy (non-hydrogen) atoms. The molecule has 1 amide bonds. The molecule has 0 bridgehead atoms. The molecule has 0 atom stereocenters. The minimum Gasteiger partial charge on any atom is -0.392 e. The number of hydrogen-bond acceptors (Lipinski definition) is 2. The summed E-state index contributed by atoms with van der Waals surface area (Å²) in [6.45, 7) is 2.08. The second-order valence-electron chi connectivity index (χ2n) is 5.04. The minimum atomic E-state index is -0.707. The van der Waals surface area contributed by atoms with Gasteiger partial charge in [-0.3, -0.25) is 4.79 Å². The number of hydrogen-bond donors (Lipinski definition) is 2. The molecule has 3 N–H and O–H groups in total. The monoisotopic (exact) mass is 408 g/mol. The fourth-order valence-electron chi connectivity index (χ4n) is 2.46. The van der Waals surface area contributed by atoms with E-state index in [4.69, 9.17) is 29.6 Å². The zero-order valence-corrected chi connectivity index (χ0v) is 14.1. The summed E-state index contributed by atoms with van der Waals surface area (Å²) in [4.78, 5) is 12.7. The van der Waals surface area contributed by atoms with Crippen LogP contribution in [0.2, 0.25) is 5.02 Å². The summed E-state index contributed by atoms with van der Waals surface area (Å²) in [6, 6.07) is 5.48. The average Bonchev–Trinajstić information content (AvgIpc) is 2.27. The SMILES string of the molecule is CC1CC(C(=O)Nc2ccc(I)cc2Cl)(C(N)=S)C1. The van der Waals surface area contributed by atoms with Gasteiger partial charge in [-0.1, -0.05) is 30.7 Å². The van der Waals surface area contributed by atoms with Gasteiger partial charge in [0.25, 0.3) is 0 Å². The third-order valence-electron chi connectivity index (χ3n) is 3.48. The first-order valence-corrected chi connectivity index (χ1v) is 7.78. The summed E-state index contributed by atoms with van der Waals surface area (Å²) in [6.07, 6.45) is 1.41. The average molecular weight is 409 g/mol. The van der Waals surface area contributed by atoms with Crippen LogP contribution in [0.4, 0.5) is 5.69 Å². The van der Waals surface area contributed by atoms with E-state index in [1.165, 1.54) is 0 Å². The van der Waals surface area contributed by atoms with Crippen LogP contribution < -0.4 is 11.1 Å². The lowest BCUT2D eigenvalue weighted by Crippen LogP contribution is -2.53. The van der Waals surface area contributed by atoms with Crippen molar-refractivity contribution in [2.45, 2.75) is 19.8 Å². The maximum atomic E-state index is 12.4. The maximum Gasteiger partial charge on any atom is 0.237 e. The molecule has 1 aromatic rings. The van der Waals surface area contributed by atoms with Gasteiger partial charge in [0.05, 0.1) is 21.1 Å². The van der Waals surface area contributed by atoms with E-state index >= 15 is 0 Å². The van der Waals surface area contributed by atoms with Crippen LogP contribution in [0.1, 0.15) is 19.8 Å². The van der Waals surface area contributed by atoms with E-state index in [2.05, 4.69) is 34.8 Å². The van der Waals surface area contributed by atoms with E-state index in [1.807, 2.05) is 6.07 Å². The molecule has 6 heteroatoms. The fraction of sp³-hybridized carbons (Fsp3) is 0.385. The van der Waals surface area contributed by atoms with Gasteiger partial charge in [-0.05, 0) is 59.5 Å². The van der Waals surface area contributed by atoms with E-state index in [0.717, 1.165) is 3.57 Å². The Morgan fingerprint density at radius 1 is 1.58 bits per heavy atom. The normalized spacial score (nSPS) is 25.5. The van der Waals surface area contributed by atoms with E-state index in [1.54, 1.807) is 12.1 Å². The first-order valence-electron chi connectivity index (χ1n) is 5.91. The van der Waals surface area contributed by atoms with Crippen molar-refractivity contribution in [3.8, 4) is 0 Å². The van der Waals surface area contributed by atoms with Crippen molar-refractivity contribution in [2.75, 3.05) is 5.32 Å². The number of nitrogens with two attached hydrogens (primary N) is 1. The van der Waals surface area contributed by atoms with Crippen molar-refractivity contribution in [3.63, 3.8) is 0 Å². The Balaban J connectivity index is 2.19. The van der Waals surface area contributed by atoms with Gasteiger partial charge in [-0.2, -0.15) is 0 Å². The van der Waals surface area contributed by atoms with Crippen LogP contribution in [0.15, 0.2) is 18.2 Å². The van der Waals surface area contributed by atoms with Crippen molar-refractivity contribution < 1.29 is 4.79 Å². The number of thiocarbonyl (C=S) groups is 1. The molecular weight excluding hydrogens is 395 g/mol. The Hall–Kier alpha value is -0.400. The molecule has 1 fully saturated rings. The molecule has 0 unspecified atom stereocenters. The Morgan fingerprint density at radius 2 is 2.21 bits per heavy atom. The molecular formula is C13H14ClIN2OS. The molecule has 102 valence electrons. The highest BCUT2D eigenvalue weighted by molar-refractivity contribution is 14.1. The van der Waals surface area contributed by atoms with Gasteiger partial charge in [0.1, 0.15) is 0 Å². The highest BCUT2D eigenvalue weighted by Gasteiger charge is 2.50. The highest BCUT2D eigenvalue weighted by atomic mass is 127. The van der Waals surface area contributed by atoms with Crippen LogP contribution >= 0.6 is 46.4 Å². The second-order valence-corrected chi connectivity index (χ2v) is 7.13. The molecule has 0 aromatic heterocycles. The molecule has 1 aliphatic rings. The molecule has 1 saturated carbocycles. The van der Waals surface area contributed by atoms with Gasteiger partial charge in [-0.25, -0.2) is 0 Å². The summed E-state index contributed by atoms with van der Waals surface area (Å²) in [5.74, 6) is 0.320. The summed E-state index contributed by atoms with van der Waals surface area (Å²) in [7, 11) is 0. The summed E-state index contributed by atoms with van der Waals surface area (Å²) < 4.78 is 1.02. The zero-order valence-electron chi connectivity index (χ0n) is 10.4. The largest absolute Gasteiger partial charge is 0.392 e. The minimum absolute atomic E-state index is 0.152. The number of benzene rings is 1. The molecule has 0 heterocycles. The standard InChI is InChI=1S/C13H14ClIN2OS/c1-7-5-13(6-7,11(16)19)12(18)17-10-3-2-8(15)4-9(10)14/h2-4,7H,5-6H2,1H3,(H2,16,19)(H,17,18). The van der Waals surface area contributed by atoms with E-state index in [0.29, 0.717) is 29.5 Å². The van der Waals surface area contributed by atoms with Gasteiger partial charge in [0.2, 0.25) is 5.91 Å². The number of carbonyl (C=O) groups is 1. The Labute approximate surface area is 136 Å². The lowest BCUT2D eigenvalue weighted by molar-refractivity contribution is -0.127. The van der Waals surface area contributed by atoms with Crippen LogP contribution in [0.3, 0.4) is 0 Å². The van der Waals surface area contributed by atoms with E-state index < -0.39 is 5.41 Å². The molecule has 1 aromatic carbocycles. The molecule has 0 saturated heterocycles. The molecule has 1 aliphatic carbocycles. The first kappa shape index (κ1) is 15.0. The fourth-order valence-corrected chi connectivity index (χ4v) is 3.62. The molecule has 0 aliphatic heterocycles. The molecule has 2 rings (SSSR count). The highest BCUT2D eigenvalue weighted by Crippen LogP contribution is 2.46. The maximum absolute atomic E-state index is 12.4. The second kappa shape index (κ2) is 5.54. The number of nitrogens with one attached hydrogen (secondary N) is 1. The van der Waals surface area contributed by atoms with Crippen LogP contribution in [0, 0.1) is 14.9 Å². The van der Waals surface area contributed by atoms with Crippen molar-refractivity contribution in [3.05, 3.63) is 26.8 Å². The van der Waals surface area contributed by atoms with Crippen molar-refractivity contribution in [1.29, 1.82) is 0 Å². The predicted molar refractivity (Wildman–Crippen MR) is 90.4 cm³/mol. The lowest BCUT2D eigenvalue weighted by atomic mass is 9.62. The van der Waals surface area contributed by atoms with Crippen molar-refractivity contribution >= 4 is 63.0 Å². The first-order chi connectivity index (χ1) is 8.85. The van der Waals surface area contributed by atoms with Gasteiger partial charge >= 0.3 is 0 Å². The van der Waals surface area contributed by atoms with Crippen LogP contribution in [-0.2, 0) is 4.79 Å². The smallest absolute Gasteiger partial charge is 0.237 e.